The van der Waals surface area contributed by atoms with Crippen molar-refractivity contribution in [3.63, 3.8) is 0 Å². The Balaban J connectivity index is 1.90. The van der Waals surface area contributed by atoms with E-state index in [2.05, 4.69) is 9.88 Å². The summed E-state index contributed by atoms with van der Waals surface area (Å²) < 4.78 is 1.99. The Morgan fingerprint density at radius 1 is 1.47 bits per heavy atom. The van der Waals surface area contributed by atoms with Crippen LogP contribution in [0, 0.1) is 0 Å². The van der Waals surface area contributed by atoms with Gasteiger partial charge in [-0.2, -0.15) is 0 Å². The second-order valence-corrected chi connectivity index (χ2v) is 4.77. The Hall–Kier alpha value is -2.30. The molecule has 19 heavy (non-hydrogen) atoms. The highest BCUT2D eigenvalue weighted by Crippen LogP contribution is 2.30. The molecule has 1 aliphatic rings. The van der Waals surface area contributed by atoms with Crippen molar-refractivity contribution in [1.82, 2.24) is 9.55 Å². The molecule has 5 nitrogen and oxygen atoms in total. The van der Waals surface area contributed by atoms with Crippen molar-refractivity contribution < 1.29 is 9.90 Å². The number of imidazole rings is 1. The average Bonchev–Trinajstić information content (AvgIpc) is 2.97. The van der Waals surface area contributed by atoms with E-state index < -0.39 is 5.97 Å². The summed E-state index contributed by atoms with van der Waals surface area (Å²) in [4.78, 5) is 17.5. The fraction of sp³-hybridized carbons (Fsp3) is 0.286. The number of hydrogen-bond donors (Lipinski definition) is 1. The standard InChI is InChI=1S/C14H15N3O2/c1-16-7-5-15-13(16)9-17-6-4-10-2-3-11(14(18)19)8-12(10)17/h2-3,5,7-8H,4,6,9H2,1H3,(H,18,19). The third-order valence-electron chi connectivity index (χ3n) is 3.58. The van der Waals surface area contributed by atoms with Gasteiger partial charge in [0.1, 0.15) is 5.82 Å². The van der Waals surface area contributed by atoms with Crippen LogP contribution < -0.4 is 4.90 Å². The molecule has 0 spiro atoms. The number of rotatable bonds is 3. The summed E-state index contributed by atoms with van der Waals surface area (Å²) >= 11 is 0. The van der Waals surface area contributed by atoms with Crippen molar-refractivity contribution in [2.24, 2.45) is 7.05 Å². The number of aromatic nitrogens is 2. The zero-order valence-electron chi connectivity index (χ0n) is 10.7. The topological polar surface area (TPSA) is 58.4 Å². The summed E-state index contributed by atoms with van der Waals surface area (Å²) in [7, 11) is 1.97. The van der Waals surface area contributed by atoms with Gasteiger partial charge in [-0.1, -0.05) is 6.07 Å². The van der Waals surface area contributed by atoms with Crippen molar-refractivity contribution in [3.8, 4) is 0 Å². The third-order valence-corrected chi connectivity index (χ3v) is 3.58. The number of fused-ring (bicyclic) bond motifs is 1. The van der Waals surface area contributed by atoms with Crippen molar-refractivity contribution >= 4 is 11.7 Å². The number of hydrogen-bond acceptors (Lipinski definition) is 3. The Morgan fingerprint density at radius 3 is 3.00 bits per heavy atom. The van der Waals surface area contributed by atoms with Crippen LogP contribution in [-0.4, -0.2) is 27.2 Å². The van der Waals surface area contributed by atoms with Crippen LogP contribution in [0.1, 0.15) is 21.7 Å². The summed E-state index contributed by atoms with van der Waals surface area (Å²) in [5.74, 6) is 0.0974. The van der Waals surface area contributed by atoms with Crippen LogP contribution in [0.2, 0.25) is 0 Å². The maximum atomic E-state index is 11.0. The number of aromatic carboxylic acids is 1. The minimum Gasteiger partial charge on any atom is -0.478 e. The predicted molar refractivity (Wildman–Crippen MR) is 71.4 cm³/mol. The molecule has 1 N–H and O–H groups in total. The van der Waals surface area contributed by atoms with Gasteiger partial charge in [0.25, 0.3) is 0 Å². The summed E-state index contributed by atoms with van der Waals surface area (Å²) in [5.41, 5.74) is 2.56. The number of aryl methyl sites for hydroxylation is 1. The third kappa shape index (κ3) is 2.07. The number of anilines is 1. The maximum Gasteiger partial charge on any atom is 0.335 e. The van der Waals surface area contributed by atoms with E-state index in [-0.39, 0.29) is 0 Å². The van der Waals surface area contributed by atoms with E-state index in [1.807, 2.05) is 23.9 Å². The molecule has 0 unspecified atom stereocenters. The molecular weight excluding hydrogens is 242 g/mol. The van der Waals surface area contributed by atoms with Crippen molar-refractivity contribution in [1.29, 1.82) is 0 Å². The monoisotopic (exact) mass is 257 g/mol. The van der Waals surface area contributed by atoms with E-state index in [0.29, 0.717) is 12.1 Å². The minimum absolute atomic E-state index is 0.338. The van der Waals surface area contributed by atoms with E-state index in [1.54, 1.807) is 18.3 Å². The smallest absolute Gasteiger partial charge is 0.335 e. The van der Waals surface area contributed by atoms with Crippen LogP contribution in [-0.2, 0) is 20.0 Å². The first kappa shape index (κ1) is 11.8. The van der Waals surface area contributed by atoms with Gasteiger partial charge in [0.15, 0.2) is 0 Å². The molecule has 1 aromatic heterocycles. The molecule has 2 aromatic rings. The first-order valence-corrected chi connectivity index (χ1v) is 6.22. The Bertz CT molecular complexity index is 633. The number of carboxylic acids is 1. The average molecular weight is 257 g/mol. The second-order valence-electron chi connectivity index (χ2n) is 4.77. The van der Waals surface area contributed by atoms with Crippen LogP contribution in [0.5, 0.6) is 0 Å². The lowest BCUT2D eigenvalue weighted by Crippen LogP contribution is -2.22. The summed E-state index contributed by atoms with van der Waals surface area (Å²) in [6.45, 7) is 1.62. The highest BCUT2D eigenvalue weighted by Gasteiger charge is 2.21. The second kappa shape index (κ2) is 4.42. The number of benzene rings is 1. The number of nitrogens with zero attached hydrogens (tertiary/aromatic N) is 3. The maximum absolute atomic E-state index is 11.0. The van der Waals surface area contributed by atoms with Crippen LogP contribution in [0.25, 0.3) is 0 Å². The van der Waals surface area contributed by atoms with Gasteiger partial charge in [-0.3, -0.25) is 0 Å². The largest absolute Gasteiger partial charge is 0.478 e. The normalized spacial score (nSPS) is 13.6. The lowest BCUT2D eigenvalue weighted by atomic mass is 10.1. The molecule has 1 aliphatic heterocycles. The SMILES string of the molecule is Cn1ccnc1CN1CCc2ccc(C(=O)O)cc21. The molecule has 0 aliphatic carbocycles. The molecule has 0 bridgehead atoms. The van der Waals surface area contributed by atoms with Crippen LogP contribution >= 0.6 is 0 Å². The molecule has 0 saturated heterocycles. The van der Waals surface area contributed by atoms with Gasteiger partial charge in [0, 0.05) is 31.7 Å². The molecule has 1 aromatic carbocycles. The van der Waals surface area contributed by atoms with Gasteiger partial charge in [0.2, 0.25) is 0 Å². The van der Waals surface area contributed by atoms with Crippen LogP contribution in [0.3, 0.4) is 0 Å². The van der Waals surface area contributed by atoms with Gasteiger partial charge in [-0.25, -0.2) is 9.78 Å². The molecule has 0 atom stereocenters. The number of carbonyl (C=O) groups is 1. The van der Waals surface area contributed by atoms with E-state index in [4.69, 9.17) is 5.11 Å². The zero-order chi connectivity index (χ0) is 13.4. The van der Waals surface area contributed by atoms with Gasteiger partial charge in [-0.15, -0.1) is 0 Å². The molecule has 0 radical (unpaired) electrons. The predicted octanol–water partition coefficient (Wildman–Crippen LogP) is 1.68. The van der Waals surface area contributed by atoms with Crippen LogP contribution in [0.4, 0.5) is 5.69 Å². The van der Waals surface area contributed by atoms with Crippen molar-refractivity contribution in [3.05, 3.63) is 47.5 Å². The van der Waals surface area contributed by atoms with Crippen molar-refractivity contribution in [2.45, 2.75) is 13.0 Å². The van der Waals surface area contributed by atoms with E-state index in [1.165, 1.54) is 5.56 Å². The van der Waals surface area contributed by atoms with Crippen LogP contribution in [0.15, 0.2) is 30.6 Å². The summed E-state index contributed by atoms with van der Waals surface area (Å²) in [5, 5.41) is 9.07. The van der Waals surface area contributed by atoms with E-state index >= 15 is 0 Å². The summed E-state index contributed by atoms with van der Waals surface area (Å²) in [6, 6.07) is 5.34. The van der Waals surface area contributed by atoms with E-state index in [0.717, 1.165) is 24.5 Å². The Labute approximate surface area is 111 Å². The molecule has 2 heterocycles. The van der Waals surface area contributed by atoms with Gasteiger partial charge >= 0.3 is 5.97 Å². The molecule has 0 amide bonds. The fourth-order valence-corrected chi connectivity index (χ4v) is 2.46. The molecule has 0 fully saturated rings. The quantitative estimate of drug-likeness (QED) is 0.909. The Kier molecular flexibility index (Phi) is 2.74. The molecule has 3 rings (SSSR count). The lowest BCUT2D eigenvalue weighted by Gasteiger charge is -2.19. The first-order chi connectivity index (χ1) is 9.15. The molecule has 98 valence electrons. The molecular formula is C14H15N3O2. The summed E-state index contributed by atoms with van der Waals surface area (Å²) in [6.07, 6.45) is 4.65. The van der Waals surface area contributed by atoms with E-state index in [9.17, 15) is 4.79 Å². The first-order valence-electron chi connectivity index (χ1n) is 6.22. The lowest BCUT2D eigenvalue weighted by molar-refractivity contribution is 0.0697. The highest BCUT2D eigenvalue weighted by molar-refractivity contribution is 5.89. The van der Waals surface area contributed by atoms with Crippen molar-refractivity contribution in [2.75, 3.05) is 11.4 Å². The molecule has 0 saturated carbocycles. The number of carboxylic acid groups (broad SMARTS) is 1. The Morgan fingerprint density at radius 2 is 2.32 bits per heavy atom. The van der Waals surface area contributed by atoms with Gasteiger partial charge in [0.05, 0.1) is 12.1 Å². The highest BCUT2D eigenvalue weighted by atomic mass is 16.4. The van der Waals surface area contributed by atoms with Gasteiger partial charge in [-0.05, 0) is 24.1 Å². The zero-order valence-corrected chi connectivity index (χ0v) is 10.7. The minimum atomic E-state index is -0.883. The van der Waals surface area contributed by atoms with Gasteiger partial charge < -0.3 is 14.6 Å². The molecule has 5 heteroatoms. The fourth-order valence-electron chi connectivity index (χ4n) is 2.46.